The van der Waals surface area contributed by atoms with Crippen molar-refractivity contribution in [2.75, 3.05) is 19.0 Å². The molecule has 15 heavy (non-hydrogen) atoms. The number of anilines is 1. The van der Waals surface area contributed by atoms with Crippen molar-refractivity contribution in [3.63, 3.8) is 0 Å². The first-order chi connectivity index (χ1) is 7.33. The third-order valence-electron chi connectivity index (χ3n) is 2.43. The minimum absolute atomic E-state index is 0.558. The summed E-state index contributed by atoms with van der Waals surface area (Å²) in [6.45, 7) is 3.07. The van der Waals surface area contributed by atoms with E-state index in [1.165, 1.54) is 12.8 Å². The quantitative estimate of drug-likeness (QED) is 0.804. The highest BCUT2D eigenvalue weighted by Crippen LogP contribution is 2.38. The van der Waals surface area contributed by atoms with Gasteiger partial charge in [-0.2, -0.15) is 4.98 Å². The van der Waals surface area contributed by atoms with Crippen LogP contribution in [0.2, 0.25) is 0 Å². The molecule has 1 fully saturated rings. The summed E-state index contributed by atoms with van der Waals surface area (Å²) in [5.74, 6) is 3.02. The zero-order chi connectivity index (χ0) is 10.7. The Kier molecular flexibility index (Phi) is 3.04. The number of rotatable bonds is 5. The summed E-state index contributed by atoms with van der Waals surface area (Å²) >= 11 is 0. The molecule has 1 heterocycles. The normalized spacial score (nSPS) is 15.1. The molecule has 0 aromatic carbocycles. The van der Waals surface area contributed by atoms with Crippen LogP contribution in [0.3, 0.4) is 0 Å². The Morgan fingerprint density at radius 3 is 2.87 bits per heavy atom. The van der Waals surface area contributed by atoms with E-state index in [0.717, 1.165) is 24.6 Å². The van der Waals surface area contributed by atoms with Gasteiger partial charge in [0.2, 0.25) is 5.88 Å². The Balaban J connectivity index is 2.16. The van der Waals surface area contributed by atoms with Gasteiger partial charge in [0.05, 0.1) is 7.11 Å². The van der Waals surface area contributed by atoms with Crippen LogP contribution in [0.4, 0.5) is 5.82 Å². The number of hydrogen-bond donors (Lipinski definition) is 1. The molecular weight excluding hydrogens is 190 g/mol. The summed E-state index contributed by atoms with van der Waals surface area (Å²) in [6.07, 6.45) is 3.51. The molecule has 0 aliphatic heterocycles. The average molecular weight is 207 g/mol. The summed E-state index contributed by atoms with van der Waals surface area (Å²) in [4.78, 5) is 8.83. The number of nitrogens with zero attached hydrogens (tertiary/aromatic N) is 2. The topological polar surface area (TPSA) is 47.0 Å². The van der Waals surface area contributed by atoms with Crippen molar-refractivity contribution in [2.24, 2.45) is 0 Å². The first kappa shape index (κ1) is 10.2. The highest BCUT2D eigenvalue weighted by Gasteiger charge is 2.27. The van der Waals surface area contributed by atoms with Crippen molar-refractivity contribution >= 4 is 5.82 Å². The van der Waals surface area contributed by atoms with Crippen LogP contribution >= 0.6 is 0 Å². The third kappa shape index (κ3) is 2.58. The number of hydrogen-bond acceptors (Lipinski definition) is 4. The van der Waals surface area contributed by atoms with Gasteiger partial charge in [-0.1, -0.05) is 6.92 Å². The average Bonchev–Trinajstić information content (AvgIpc) is 3.09. The van der Waals surface area contributed by atoms with Crippen LogP contribution in [0.15, 0.2) is 6.07 Å². The number of methoxy groups -OCH3 is 1. The molecule has 1 aliphatic rings. The molecule has 4 heteroatoms. The second-order valence-corrected chi connectivity index (χ2v) is 3.85. The van der Waals surface area contributed by atoms with Gasteiger partial charge in [0.25, 0.3) is 0 Å². The lowest BCUT2D eigenvalue weighted by atomic mass is 10.4. The number of aromatic nitrogens is 2. The van der Waals surface area contributed by atoms with Crippen molar-refractivity contribution in [3.05, 3.63) is 11.9 Å². The van der Waals surface area contributed by atoms with Crippen molar-refractivity contribution in [2.45, 2.75) is 32.1 Å². The van der Waals surface area contributed by atoms with E-state index < -0.39 is 0 Å². The summed E-state index contributed by atoms with van der Waals surface area (Å²) in [7, 11) is 1.64. The fraction of sp³-hybridized carbons (Fsp3) is 0.636. The van der Waals surface area contributed by atoms with Crippen LogP contribution in [0.25, 0.3) is 0 Å². The van der Waals surface area contributed by atoms with Crippen LogP contribution in [0.1, 0.15) is 37.9 Å². The first-order valence-corrected chi connectivity index (χ1v) is 5.50. The maximum absolute atomic E-state index is 5.16. The van der Waals surface area contributed by atoms with E-state index in [1.54, 1.807) is 7.11 Å². The molecule has 2 rings (SSSR count). The Morgan fingerprint density at radius 1 is 1.47 bits per heavy atom. The Labute approximate surface area is 90.1 Å². The van der Waals surface area contributed by atoms with Crippen LogP contribution in [-0.2, 0) is 0 Å². The van der Waals surface area contributed by atoms with E-state index in [9.17, 15) is 0 Å². The molecule has 1 aliphatic carbocycles. The second kappa shape index (κ2) is 4.47. The standard InChI is InChI=1S/C11H17N3O/c1-3-6-12-9-7-10(15-2)14-11(13-9)8-4-5-8/h7-8H,3-6H2,1-2H3,(H,12,13,14). The zero-order valence-corrected chi connectivity index (χ0v) is 9.29. The van der Waals surface area contributed by atoms with Crippen LogP contribution < -0.4 is 10.1 Å². The molecule has 0 saturated heterocycles. The molecule has 0 unspecified atom stereocenters. The second-order valence-electron chi connectivity index (χ2n) is 3.85. The molecule has 1 aromatic rings. The van der Waals surface area contributed by atoms with E-state index >= 15 is 0 Å². The van der Waals surface area contributed by atoms with E-state index in [1.807, 2.05) is 6.07 Å². The molecule has 82 valence electrons. The fourth-order valence-electron chi connectivity index (χ4n) is 1.42. The van der Waals surface area contributed by atoms with Gasteiger partial charge in [-0.3, -0.25) is 0 Å². The highest BCUT2D eigenvalue weighted by molar-refractivity contribution is 5.39. The lowest BCUT2D eigenvalue weighted by Crippen LogP contribution is -2.05. The van der Waals surface area contributed by atoms with Gasteiger partial charge < -0.3 is 10.1 Å². The molecule has 1 aromatic heterocycles. The Morgan fingerprint density at radius 2 is 2.27 bits per heavy atom. The van der Waals surface area contributed by atoms with Crippen LogP contribution in [-0.4, -0.2) is 23.6 Å². The number of nitrogens with one attached hydrogen (secondary N) is 1. The maximum Gasteiger partial charge on any atom is 0.218 e. The Bertz CT molecular complexity index is 337. The van der Waals surface area contributed by atoms with Crippen molar-refractivity contribution in [1.29, 1.82) is 0 Å². The fourth-order valence-corrected chi connectivity index (χ4v) is 1.42. The first-order valence-electron chi connectivity index (χ1n) is 5.50. The monoisotopic (exact) mass is 207 g/mol. The van der Waals surface area contributed by atoms with Crippen LogP contribution in [0.5, 0.6) is 5.88 Å². The van der Waals surface area contributed by atoms with E-state index in [-0.39, 0.29) is 0 Å². The predicted octanol–water partition coefficient (Wildman–Crippen LogP) is 2.18. The van der Waals surface area contributed by atoms with E-state index in [4.69, 9.17) is 4.74 Å². The smallest absolute Gasteiger partial charge is 0.218 e. The summed E-state index contributed by atoms with van der Waals surface area (Å²) in [5.41, 5.74) is 0. The molecule has 1 N–H and O–H groups in total. The number of ether oxygens (including phenoxy) is 1. The van der Waals surface area contributed by atoms with Gasteiger partial charge in [-0.25, -0.2) is 4.98 Å². The third-order valence-corrected chi connectivity index (χ3v) is 2.43. The van der Waals surface area contributed by atoms with E-state index in [2.05, 4.69) is 22.2 Å². The lowest BCUT2D eigenvalue weighted by molar-refractivity contribution is 0.395. The van der Waals surface area contributed by atoms with Crippen molar-refractivity contribution in [3.8, 4) is 5.88 Å². The van der Waals surface area contributed by atoms with Crippen molar-refractivity contribution < 1.29 is 4.74 Å². The van der Waals surface area contributed by atoms with Crippen molar-refractivity contribution in [1.82, 2.24) is 9.97 Å². The largest absolute Gasteiger partial charge is 0.481 e. The van der Waals surface area contributed by atoms with Gasteiger partial charge >= 0.3 is 0 Å². The molecule has 4 nitrogen and oxygen atoms in total. The molecule has 0 radical (unpaired) electrons. The Hall–Kier alpha value is -1.32. The molecule has 0 atom stereocenters. The lowest BCUT2D eigenvalue weighted by Gasteiger charge is -2.07. The zero-order valence-electron chi connectivity index (χ0n) is 9.29. The molecule has 1 saturated carbocycles. The van der Waals surface area contributed by atoms with Gasteiger partial charge in [0.15, 0.2) is 0 Å². The summed E-state index contributed by atoms with van der Waals surface area (Å²) in [5, 5.41) is 3.26. The SMILES string of the molecule is CCCNc1cc(OC)nc(C2CC2)n1. The summed E-state index contributed by atoms with van der Waals surface area (Å²) < 4.78 is 5.16. The molecule has 0 amide bonds. The van der Waals surface area contributed by atoms with Gasteiger partial charge in [0, 0.05) is 18.5 Å². The molecule has 0 spiro atoms. The van der Waals surface area contributed by atoms with Gasteiger partial charge in [0.1, 0.15) is 11.6 Å². The molecule has 0 bridgehead atoms. The highest BCUT2D eigenvalue weighted by atomic mass is 16.5. The minimum atomic E-state index is 0.558. The van der Waals surface area contributed by atoms with Gasteiger partial charge in [-0.05, 0) is 19.3 Å². The minimum Gasteiger partial charge on any atom is -0.481 e. The van der Waals surface area contributed by atoms with E-state index in [0.29, 0.717) is 11.8 Å². The van der Waals surface area contributed by atoms with Gasteiger partial charge in [-0.15, -0.1) is 0 Å². The maximum atomic E-state index is 5.16. The summed E-state index contributed by atoms with van der Waals surface area (Å²) in [6, 6.07) is 1.85. The van der Waals surface area contributed by atoms with Crippen LogP contribution in [0, 0.1) is 0 Å². The predicted molar refractivity (Wildman–Crippen MR) is 59.3 cm³/mol. The molecular formula is C11H17N3O.